The molecule has 2 unspecified atom stereocenters. The zero-order chi connectivity index (χ0) is 11.5. The van der Waals surface area contributed by atoms with Crippen LogP contribution >= 0.6 is 12.6 Å². The highest BCUT2D eigenvalue weighted by molar-refractivity contribution is 7.80. The van der Waals surface area contributed by atoms with Gasteiger partial charge in [0.1, 0.15) is 0 Å². The van der Waals surface area contributed by atoms with Crippen molar-refractivity contribution in [3.63, 3.8) is 0 Å². The Labute approximate surface area is 103 Å². The molecule has 0 N–H and O–H groups in total. The summed E-state index contributed by atoms with van der Waals surface area (Å²) in [5.41, 5.74) is 0. The highest BCUT2D eigenvalue weighted by atomic mass is 32.1. The third-order valence-electron chi connectivity index (χ3n) is 3.65. The Hall–Kier alpha value is 0.190. The van der Waals surface area contributed by atoms with Gasteiger partial charge in [-0.1, -0.05) is 0 Å². The highest BCUT2D eigenvalue weighted by Crippen LogP contribution is 2.18. The molecular formula is C11H22N2O2S. The number of hydrogen-bond acceptors (Lipinski definition) is 5. The molecule has 0 spiro atoms. The molecule has 2 aliphatic heterocycles. The van der Waals surface area contributed by atoms with Crippen LogP contribution in [0.3, 0.4) is 0 Å². The number of thiol groups is 1. The van der Waals surface area contributed by atoms with Gasteiger partial charge >= 0.3 is 0 Å². The predicted octanol–water partition coefficient (Wildman–Crippen LogP) is 0.294. The van der Waals surface area contributed by atoms with Crippen molar-refractivity contribution in [2.75, 3.05) is 46.5 Å². The molecule has 3 atom stereocenters. The Morgan fingerprint density at radius 3 is 2.50 bits per heavy atom. The van der Waals surface area contributed by atoms with E-state index in [9.17, 15) is 0 Å². The van der Waals surface area contributed by atoms with Crippen LogP contribution in [0.25, 0.3) is 0 Å². The summed E-state index contributed by atoms with van der Waals surface area (Å²) >= 11 is 4.47. The summed E-state index contributed by atoms with van der Waals surface area (Å²) < 4.78 is 10.9. The van der Waals surface area contributed by atoms with Gasteiger partial charge in [-0.3, -0.25) is 9.80 Å². The number of piperazine rings is 1. The molecule has 2 heterocycles. The van der Waals surface area contributed by atoms with Gasteiger partial charge in [0, 0.05) is 38.7 Å². The minimum Gasteiger partial charge on any atom is -0.377 e. The van der Waals surface area contributed by atoms with Crippen LogP contribution in [-0.4, -0.2) is 73.8 Å². The smallest absolute Gasteiger partial charge is 0.0981 e. The lowest BCUT2D eigenvalue weighted by atomic mass is 10.1. The molecule has 0 radical (unpaired) electrons. The van der Waals surface area contributed by atoms with Gasteiger partial charge in [-0.05, 0) is 6.92 Å². The van der Waals surface area contributed by atoms with Gasteiger partial charge in [0.05, 0.1) is 25.4 Å². The van der Waals surface area contributed by atoms with Crippen molar-refractivity contribution in [1.29, 1.82) is 0 Å². The van der Waals surface area contributed by atoms with Crippen LogP contribution in [0.15, 0.2) is 0 Å². The molecule has 0 aromatic heterocycles. The zero-order valence-electron chi connectivity index (χ0n) is 10.1. The first kappa shape index (κ1) is 12.6. The lowest BCUT2D eigenvalue weighted by Crippen LogP contribution is -2.54. The first-order valence-electron chi connectivity index (χ1n) is 5.99. The first-order chi connectivity index (χ1) is 7.72. The maximum atomic E-state index is 5.49. The standard InChI is InChI=1S/C11H22N2O2S/c1-9(16)12-3-5-13(6-4-12)10-7-15-8-11(10)14-2/h9-11,16H,3-8H2,1-2H3/t9-,10?,11?/m0/s1. The lowest BCUT2D eigenvalue weighted by molar-refractivity contribution is 0.0186. The Morgan fingerprint density at radius 2 is 1.94 bits per heavy atom. The fourth-order valence-corrected chi connectivity index (χ4v) is 2.76. The van der Waals surface area contributed by atoms with Crippen LogP contribution in [0.5, 0.6) is 0 Å². The Balaban J connectivity index is 1.84. The van der Waals surface area contributed by atoms with Crippen LogP contribution in [0.2, 0.25) is 0 Å². The summed E-state index contributed by atoms with van der Waals surface area (Å²) in [5, 5.41) is 0.361. The number of hydrogen-bond donors (Lipinski definition) is 1. The SMILES string of the molecule is COC1COCC1N1CCN([C@H](C)S)CC1. The molecule has 4 nitrogen and oxygen atoms in total. The molecule has 5 heteroatoms. The first-order valence-corrected chi connectivity index (χ1v) is 6.50. The molecule has 2 fully saturated rings. The second-order valence-electron chi connectivity index (χ2n) is 4.58. The monoisotopic (exact) mass is 246 g/mol. The van der Waals surface area contributed by atoms with E-state index in [-0.39, 0.29) is 6.10 Å². The van der Waals surface area contributed by atoms with Crippen molar-refractivity contribution in [2.45, 2.75) is 24.4 Å². The van der Waals surface area contributed by atoms with Crippen LogP contribution in [0.1, 0.15) is 6.92 Å². The normalized spacial score (nSPS) is 35.4. The Bertz CT molecular complexity index is 220. The average molecular weight is 246 g/mol. The van der Waals surface area contributed by atoms with Gasteiger partial charge in [0.2, 0.25) is 0 Å². The van der Waals surface area contributed by atoms with E-state index >= 15 is 0 Å². The van der Waals surface area contributed by atoms with E-state index in [1.165, 1.54) is 0 Å². The second-order valence-corrected chi connectivity index (χ2v) is 5.33. The van der Waals surface area contributed by atoms with E-state index in [4.69, 9.17) is 9.47 Å². The van der Waals surface area contributed by atoms with E-state index in [0.717, 1.165) is 39.4 Å². The fraction of sp³-hybridized carbons (Fsp3) is 1.00. The molecule has 0 saturated carbocycles. The molecular weight excluding hydrogens is 224 g/mol. The molecule has 0 amide bonds. The van der Waals surface area contributed by atoms with E-state index in [1.807, 2.05) is 0 Å². The van der Waals surface area contributed by atoms with Gasteiger partial charge in [-0.15, -0.1) is 0 Å². The van der Waals surface area contributed by atoms with Crippen LogP contribution < -0.4 is 0 Å². The topological polar surface area (TPSA) is 24.9 Å². The predicted molar refractivity (Wildman–Crippen MR) is 67.0 cm³/mol. The molecule has 0 aromatic carbocycles. The minimum atomic E-state index is 0.250. The highest BCUT2D eigenvalue weighted by Gasteiger charge is 2.34. The van der Waals surface area contributed by atoms with Crippen molar-refractivity contribution in [3.05, 3.63) is 0 Å². The van der Waals surface area contributed by atoms with Gasteiger partial charge in [-0.25, -0.2) is 0 Å². The van der Waals surface area contributed by atoms with Crippen LogP contribution in [0, 0.1) is 0 Å². The van der Waals surface area contributed by atoms with E-state index in [0.29, 0.717) is 11.4 Å². The van der Waals surface area contributed by atoms with Gasteiger partial charge in [0.15, 0.2) is 0 Å². The summed E-state index contributed by atoms with van der Waals surface area (Å²) in [5.74, 6) is 0. The quantitative estimate of drug-likeness (QED) is 0.724. The maximum absolute atomic E-state index is 5.49. The molecule has 2 rings (SSSR count). The van der Waals surface area contributed by atoms with Gasteiger partial charge < -0.3 is 9.47 Å². The van der Waals surface area contributed by atoms with E-state index in [1.54, 1.807) is 7.11 Å². The van der Waals surface area contributed by atoms with Crippen LogP contribution in [-0.2, 0) is 9.47 Å². The minimum absolute atomic E-state index is 0.250. The molecule has 94 valence electrons. The number of methoxy groups -OCH3 is 1. The van der Waals surface area contributed by atoms with Crippen molar-refractivity contribution in [2.24, 2.45) is 0 Å². The summed E-state index contributed by atoms with van der Waals surface area (Å²) in [6, 6.07) is 0.447. The second kappa shape index (κ2) is 5.69. The summed E-state index contributed by atoms with van der Waals surface area (Å²) in [7, 11) is 1.78. The maximum Gasteiger partial charge on any atom is 0.0981 e. The van der Waals surface area contributed by atoms with Crippen molar-refractivity contribution in [3.8, 4) is 0 Å². The third-order valence-corrected chi connectivity index (χ3v) is 3.98. The van der Waals surface area contributed by atoms with Gasteiger partial charge in [-0.2, -0.15) is 12.6 Å². The van der Waals surface area contributed by atoms with Gasteiger partial charge in [0.25, 0.3) is 0 Å². The van der Waals surface area contributed by atoms with Crippen molar-refractivity contribution >= 4 is 12.6 Å². The fourth-order valence-electron chi connectivity index (χ4n) is 2.53. The van der Waals surface area contributed by atoms with Crippen molar-refractivity contribution < 1.29 is 9.47 Å². The Morgan fingerprint density at radius 1 is 1.25 bits per heavy atom. The molecule has 2 saturated heterocycles. The molecule has 2 aliphatic rings. The van der Waals surface area contributed by atoms with Crippen molar-refractivity contribution in [1.82, 2.24) is 9.80 Å². The van der Waals surface area contributed by atoms with Crippen LogP contribution in [0.4, 0.5) is 0 Å². The summed E-state index contributed by atoms with van der Waals surface area (Å²) in [4.78, 5) is 4.89. The Kier molecular flexibility index (Phi) is 4.49. The summed E-state index contributed by atoms with van der Waals surface area (Å²) in [6.45, 7) is 8.07. The molecule has 0 aliphatic carbocycles. The molecule has 0 aromatic rings. The molecule has 0 bridgehead atoms. The third kappa shape index (κ3) is 2.71. The summed E-state index contributed by atoms with van der Waals surface area (Å²) in [6.07, 6.45) is 0.250. The zero-order valence-corrected chi connectivity index (χ0v) is 11.0. The van der Waals surface area contributed by atoms with E-state index in [2.05, 4.69) is 29.4 Å². The number of nitrogens with zero attached hydrogens (tertiary/aromatic N) is 2. The van der Waals surface area contributed by atoms with E-state index < -0.39 is 0 Å². The number of rotatable bonds is 3. The number of ether oxygens (including phenoxy) is 2. The molecule has 16 heavy (non-hydrogen) atoms. The lowest BCUT2D eigenvalue weighted by Gasteiger charge is -2.40. The largest absolute Gasteiger partial charge is 0.377 e. The average Bonchev–Trinajstić information content (AvgIpc) is 2.77.